The van der Waals surface area contributed by atoms with E-state index in [0.717, 1.165) is 16.9 Å². The SMILES string of the molecule is O=S(=O)(c1ccc(Cl)cc1)N1CCN(c2nc(Cc3ccc(F)c(F)c3)cs2)CC1. The molecule has 5 nitrogen and oxygen atoms in total. The van der Waals surface area contributed by atoms with E-state index in [1.807, 2.05) is 10.3 Å². The number of hydrogen-bond donors (Lipinski definition) is 0. The third-order valence-electron chi connectivity index (χ3n) is 4.87. The number of halogens is 3. The fourth-order valence-electron chi connectivity index (χ4n) is 3.26. The van der Waals surface area contributed by atoms with Crippen molar-refractivity contribution in [3.63, 3.8) is 0 Å². The Balaban J connectivity index is 1.40. The maximum Gasteiger partial charge on any atom is 0.243 e. The average Bonchev–Trinajstić information content (AvgIpc) is 3.20. The van der Waals surface area contributed by atoms with Gasteiger partial charge < -0.3 is 4.90 Å². The molecule has 4 rings (SSSR count). The molecule has 0 amide bonds. The molecule has 0 atom stereocenters. The summed E-state index contributed by atoms with van der Waals surface area (Å²) in [4.78, 5) is 6.84. The van der Waals surface area contributed by atoms with Gasteiger partial charge >= 0.3 is 0 Å². The summed E-state index contributed by atoms with van der Waals surface area (Å²) in [7, 11) is -3.56. The lowest BCUT2D eigenvalue weighted by atomic mass is 10.1. The first-order chi connectivity index (χ1) is 14.3. The first-order valence-electron chi connectivity index (χ1n) is 9.22. The average molecular weight is 470 g/mol. The summed E-state index contributed by atoms with van der Waals surface area (Å²) < 4.78 is 53.5. The number of hydrogen-bond acceptors (Lipinski definition) is 5. The van der Waals surface area contributed by atoms with Gasteiger partial charge in [0.25, 0.3) is 0 Å². The van der Waals surface area contributed by atoms with Crippen LogP contribution >= 0.6 is 22.9 Å². The molecule has 0 saturated carbocycles. The summed E-state index contributed by atoms with van der Waals surface area (Å²) in [6.45, 7) is 1.74. The second-order valence-electron chi connectivity index (χ2n) is 6.89. The lowest BCUT2D eigenvalue weighted by molar-refractivity contribution is 0.384. The van der Waals surface area contributed by atoms with E-state index in [2.05, 4.69) is 4.98 Å². The highest BCUT2D eigenvalue weighted by Crippen LogP contribution is 2.26. The third-order valence-corrected chi connectivity index (χ3v) is 7.98. The van der Waals surface area contributed by atoms with Gasteiger partial charge in [-0.05, 0) is 42.0 Å². The Bertz CT molecular complexity index is 1150. The molecule has 1 fully saturated rings. The molecule has 3 aromatic rings. The molecule has 1 aliphatic heterocycles. The van der Waals surface area contributed by atoms with Crippen LogP contribution in [0.25, 0.3) is 0 Å². The zero-order valence-electron chi connectivity index (χ0n) is 15.8. The summed E-state index contributed by atoms with van der Waals surface area (Å²) in [6.07, 6.45) is 0.401. The molecule has 158 valence electrons. The van der Waals surface area contributed by atoms with Crippen LogP contribution in [0.1, 0.15) is 11.3 Å². The number of rotatable bonds is 5. The number of sulfonamides is 1. The van der Waals surface area contributed by atoms with Gasteiger partial charge in [-0.25, -0.2) is 22.2 Å². The zero-order chi connectivity index (χ0) is 21.3. The van der Waals surface area contributed by atoms with Gasteiger partial charge in [-0.1, -0.05) is 17.7 Å². The van der Waals surface area contributed by atoms with Crippen molar-refractivity contribution in [2.24, 2.45) is 0 Å². The molecule has 1 aromatic heterocycles. The first kappa shape index (κ1) is 21.2. The third kappa shape index (κ3) is 4.49. The Morgan fingerprint density at radius 2 is 1.70 bits per heavy atom. The monoisotopic (exact) mass is 469 g/mol. The number of nitrogens with zero attached hydrogens (tertiary/aromatic N) is 3. The fourth-order valence-corrected chi connectivity index (χ4v) is 5.68. The minimum atomic E-state index is -3.56. The summed E-state index contributed by atoms with van der Waals surface area (Å²) in [5.74, 6) is -1.75. The van der Waals surface area contributed by atoms with Gasteiger partial charge in [-0.2, -0.15) is 4.31 Å². The molecule has 2 heterocycles. The zero-order valence-corrected chi connectivity index (χ0v) is 18.2. The van der Waals surface area contributed by atoms with Crippen molar-refractivity contribution in [2.75, 3.05) is 31.1 Å². The number of benzene rings is 2. The van der Waals surface area contributed by atoms with Gasteiger partial charge in [0.15, 0.2) is 16.8 Å². The molecular weight excluding hydrogens is 452 g/mol. The van der Waals surface area contributed by atoms with Gasteiger partial charge in [0, 0.05) is 43.0 Å². The van der Waals surface area contributed by atoms with E-state index >= 15 is 0 Å². The predicted octanol–water partition coefficient (Wildman–Crippen LogP) is 4.18. The quantitative estimate of drug-likeness (QED) is 0.562. The molecule has 0 aliphatic carbocycles. The van der Waals surface area contributed by atoms with Gasteiger partial charge in [0.1, 0.15) is 0 Å². The molecule has 1 saturated heterocycles. The molecule has 30 heavy (non-hydrogen) atoms. The van der Waals surface area contributed by atoms with E-state index in [9.17, 15) is 17.2 Å². The Labute approximate surface area is 182 Å². The van der Waals surface area contributed by atoms with E-state index in [0.29, 0.717) is 43.2 Å². The van der Waals surface area contributed by atoms with Crippen molar-refractivity contribution >= 4 is 38.1 Å². The Morgan fingerprint density at radius 3 is 2.37 bits per heavy atom. The highest BCUT2D eigenvalue weighted by atomic mass is 35.5. The fraction of sp³-hybridized carbons (Fsp3) is 0.250. The molecular formula is C20H18ClF2N3O2S2. The van der Waals surface area contributed by atoms with Crippen LogP contribution in [0, 0.1) is 11.6 Å². The van der Waals surface area contributed by atoms with E-state index < -0.39 is 21.7 Å². The minimum Gasteiger partial charge on any atom is -0.345 e. The van der Waals surface area contributed by atoms with E-state index in [-0.39, 0.29) is 4.90 Å². The van der Waals surface area contributed by atoms with Gasteiger partial charge in [0.05, 0.1) is 10.6 Å². The summed E-state index contributed by atoms with van der Waals surface area (Å²) >= 11 is 7.30. The molecule has 0 radical (unpaired) electrons. The van der Waals surface area contributed by atoms with Crippen LogP contribution < -0.4 is 4.90 Å². The predicted molar refractivity (Wildman–Crippen MR) is 114 cm³/mol. The molecule has 2 aromatic carbocycles. The van der Waals surface area contributed by atoms with Crippen LogP contribution in [0.4, 0.5) is 13.9 Å². The van der Waals surface area contributed by atoms with Crippen molar-refractivity contribution in [1.82, 2.24) is 9.29 Å². The van der Waals surface area contributed by atoms with Crippen LogP contribution in [-0.2, 0) is 16.4 Å². The largest absolute Gasteiger partial charge is 0.345 e. The maximum atomic E-state index is 13.4. The van der Waals surface area contributed by atoms with Crippen molar-refractivity contribution in [2.45, 2.75) is 11.3 Å². The smallest absolute Gasteiger partial charge is 0.243 e. The maximum absolute atomic E-state index is 13.4. The molecule has 1 aliphatic rings. The van der Waals surface area contributed by atoms with Gasteiger partial charge in [0.2, 0.25) is 10.0 Å². The Kier molecular flexibility index (Phi) is 6.06. The Hall–Kier alpha value is -2.07. The van der Waals surface area contributed by atoms with Crippen molar-refractivity contribution in [1.29, 1.82) is 0 Å². The number of thiazole rings is 1. The first-order valence-corrected chi connectivity index (χ1v) is 11.9. The molecule has 0 bridgehead atoms. The van der Waals surface area contributed by atoms with Crippen LogP contribution in [-0.4, -0.2) is 43.9 Å². The number of aromatic nitrogens is 1. The molecule has 0 unspecified atom stereocenters. The van der Waals surface area contributed by atoms with Gasteiger partial charge in [-0.15, -0.1) is 11.3 Å². The van der Waals surface area contributed by atoms with Crippen molar-refractivity contribution in [3.8, 4) is 0 Å². The van der Waals surface area contributed by atoms with Crippen molar-refractivity contribution in [3.05, 3.63) is 75.8 Å². The Morgan fingerprint density at radius 1 is 1.00 bits per heavy atom. The number of anilines is 1. The second kappa shape index (κ2) is 8.58. The minimum absolute atomic E-state index is 0.225. The summed E-state index contributed by atoms with van der Waals surface area (Å²) in [5, 5.41) is 3.16. The van der Waals surface area contributed by atoms with E-state index in [4.69, 9.17) is 11.6 Å². The van der Waals surface area contributed by atoms with Crippen LogP contribution in [0.15, 0.2) is 52.7 Å². The molecule has 0 spiro atoms. The standard InChI is InChI=1S/C20H18ClF2N3O2S2/c21-15-2-4-17(5-3-15)30(27,28)26-9-7-25(8-10-26)20-24-16(13-29-20)11-14-1-6-18(22)19(23)12-14/h1-6,12-13H,7-11H2. The van der Waals surface area contributed by atoms with Gasteiger partial charge in [-0.3, -0.25) is 0 Å². The highest BCUT2D eigenvalue weighted by Gasteiger charge is 2.29. The van der Waals surface area contributed by atoms with E-state index in [1.165, 1.54) is 39.9 Å². The molecule has 10 heteroatoms. The topological polar surface area (TPSA) is 53.5 Å². The summed E-state index contributed by atoms with van der Waals surface area (Å²) in [5.41, 5.74) is 1.40. The molecule has 0 N–H and O–H groups in total. The number of piperazine rings is 1. The lowest BCUT2D eigenvalue weighted by Crippen LogP contribution is -2.48. The van der Waals surface area contributed by atoms with Crippen LogP contribution in [0.3, 0.4) is 0 Å². The normalized spacial score (nSPS) is 15.5. The summed E-state index contributed by atoms with van der Waals surface area (Å²) in [6, 6.07) is 9.97. The van der Waals surface area contributed by atoms with Crippen LogP contribution in [0.2, 0.25) is 5.02 Å². The van der Waals surface area contributed by atoms with Crippen LogP contribution in [0.5, 0.6) is 0 Å². The van der Waals surface area contributed by atoms with E-state index in [1.54, 1.807) is 12.1 Å². The highest BCUT2D eigenvalue weighted by molar-refractivity contribution is 7.89. The lowest BCUT2D eigenvalue weighted by Gasteiger charge is -2.33. The second-order valence-corrected chi connectivity index (χ2v) is 10.1. The van der Waals surface area contributed by atoms with Crippen molar-refractivity contribution < 1.29 is 17.2 Å².